The van der Waals surface area contributed by atoms with E-state index in [0.29, 0.717) is 43.6 Å². The van der Waals surface area contributed by atoms with Crippen LogP contribution in [0.2, 0.25) is 0 Å². The molecule has 2 heterocycles. The number of amides is 2. The summed E-state index contributed by atoms with van der Waals surface area (Å²) in [4.78, 5) is 34.6. The van der Waals surface area contributed by atoms with Crippen molar-refractivity contribution in [3.05, 3.63) is 11.8 Å². The van der Waals surface area contributed by atoms with E-state index in [2.05, 4.69) is 20.6 Å². The summed E-state index contributed by atoms with van der Waals surface area (Å²) in [5.41, 5.74) is 5.74. The summed E-state index contributed by atoms with van der Waals surface area (Å²) in [6, 6.07) is 0.222. The lowest BCUT2D eigenvalue weighted by Crippen LogP contribution is -2.43. The summed E-state index contributed by atoms with van der Waals surface area (Å²) in [5, 5.41) is 16.2. The van der Waals surface area contributed by atoms with Gasteiger partial charge in [-0.05, 0) is 38.0 Å². The molecule has 2 atom stereocenters. The van der Waals surface area contributed by atoms with Crippen LogP contribution in [0.1, 0.15) is 62.7 Å². The second-order valence-corrected chi connectivity index (χ2v) is 8.53. The van der Waals surface area contributed by atoms with Crippen molar-refractivity contribution in [3.63, 3.8) is 0 Å². The molecule has 2 amide bonds. The molecule has 3 rings (SSSR count). The molecule has 1 saturated heterocycles. The predicted octanol–water partition coefficient (Wildman–Crippen LogP) is 1.35. The van der Waals surface area contributed by atoms with Crippen LogP contribution in [0.15, 0.2) is 6.20 Å². The average molecular weight is 405 g/mol. The Morgan fingerprint density at radius 3 is 2.52 bits per heavy atom. The quantitative estimate of drug-likeness (QED) is 0.539. The molecule has 160 valence electrons. The molecule has 0 aromatic carbocycles. The zero-order valence-corrected chi connectivity index (χ0v) is 17.2. The fraction of sp³-hybridized carbons (Fsp3) is 0.700. The third kappa shape index (κ3) is 5.79. The van der Waals surface area contributed by atoms with Gasteiger partial charge in [0.1, 0.15) is 5.82 Å². The van der Waals surface area contributed by atoms with Gasteiger partial charge in [-0.3, -0.25) is 9.59 Å². The average Bonchev–Trinajstić information content (AvgIpc) is 3.06. The second kappa shape index (κ2) is 9.39. The molecule has 1 aromatic heterocycles. The maximum absolute atomic E-state index is 12.2. The van der Waals surface area contributed by atoms with Gasteiger partial charge in [0.05, 0.1) is 11.7 Å². The molecule has 0 bridgehead atoms. The van der Waals surface area contributed by atoms with E-state index in [1.54, 1.807) is 0 Å². The molecule has 1 aliphatic heterocycles. The first kappa shape index (κ1) is 21.3. The molecule has 29 heavy (non-hydrogen) atoms. The van der Waals surface area contributed by atoms with Crippen LogP contribution < -0.4 is 16.4 Å². The van der Waals surface area contributed by atoms with Gasteiger partial charge in [0.15, 0.2) is 0 Å². The van der Waals surface area contributed by atoms with Crippen molar-refractivity contribution in [2.45, 2.75) is 70.6 Å². The SMILES string of the molecule is CC(C)CC(=O)N1CCC(Nc2nc(N[C@@H]3CC[C@@H](O)C3)ncc2C(N)=O)CC1. The first-order valence-corrected chi connectivity index (χ1v) is 10.5. The van der Waals surface area contributed by atoms with E-state index in [1.807, 2.05) is 18.7 Å². The van der Waals surface area contributed by atoms with Crippen LogP contribution in [-0.4, -0.2) is 63.1 Å². The van der Waals surface area contributed by atoms with Crippen molar-refractivity contribution >= 4 is 23.6 Å². The van der Waals surface area contributed by atoms with Gasteiger partial charge in [-0.25, -0.2) is 4.98 Å². The van der Waals surface area contributed by atoms with Crippen LogP contribution in [0.5, 0.6) is 0 Å². The summed E-state index contributed by atoms with van der Waals surface area (Å²) in [5.74, 6) is 0.800. The van der Waals surface area contributed by atoms with Gasteiger partial charge in [-0.15, -0.1) is 0 Å². The molecule has 9 heteroatoms. The highest BCUT2D eigenvalue weighted by Gasteiger charge is 2.26. The van der Waals surface area contributed by atoms with Gasteiger partial charge in [-0.2, -0.15) is 4.98 Å². The standard InChI is InChI=1S/C20H32N6O3/c1-12(2)9-17(28)26-7-5-13(6-8-26)23-19-16(18(21)29)11-22-20(25-19)24-14-3-4-15(27)10-14/h11-15,27H,3-10H2,1-2H3,(H2,21,29)(H2,22,23,24,25)/t14-,15-/m1/s1. The van der Waals surface area contributed by atoms with Crippen LogP contribution in [0, 0.1) is 5.92 Å². The van der Waals surface area contributed by atoms with Crippen LogP contribution in [0.4, 0.5) is 11.8 Å². The molecule has 9 nitrogen and oxygen atoms in total. The normalized spacial score (nSPS) is 22.7. The van der Waals surface area contributed by atoms with Gasteiger partial charge in [-0.1, -0.05) is 13.8 Å². The largest absolute Gasteiger partial charge is 0.393 e. The van der Waals surface area contributed by atoms with Crippen LogP contribution in [0.3, 0.4) is 0 Å². The van der Waals surface area contributed by atoms with E-state index in [4.69, 9.17) is 5.73 Å². The predicted molar refractivity (Wildman–Crippen MR) is 110 cm³/mol. The highest BCUT2D eigenvalue weighted by molar-refractivity contribution is 5.97. The molecule has 2 aliphatic rings. The fourth-order valence-corrected chi connectivity index (χ4v) is 3.96. The van der Waals surface area contributed by atoms with Crippen LogP contribution in [-0.2, 0) is 4.79 Å². The molecule has 2 fully saturated rings. The number of piperidine rings is 1. The summed E-state index contributed by atoms with van der Waals surface area (Å²) in [6.45, 7) is 5.46. The number of aromatic nitrogens is 2. The molecule has 0 unspecified atom stereocenters. The number of aliphatic hydroxyl groups excluding tert-OH is 1. The Morgan fingerprint density at radius 1 is 1.21 bits per heavy atom. The fourth-order valence-electron chi connectivity index (χ4n) is 3.96. The molecule has 1 aromatic rings. The van der Waals surface area contributed by atoms with Crippen LogP contribution >= 0.6 is 0 Å². The molecule has 0 radical (unpaired) electrons. The smallest absolute Gasteiger partial charge is 0.254 e. The van der Waals surface area contributed by atoms with E-state index < -0.39 is 5.91 Å². The number of nitrogens with two attached hydrogens (primary N) is 1. The highest BCUT2D eigenvalue weighted by Crippen LogP contribution is 2.24. The highest BCUT2D eigenvalue weighted by atomic mass is 16.3. The maximum atomic E-state index is 12.2. The van der Waals surface area contributed by atoms with E-state index >= 15 is 0 Å². The molecular formula is C20H32N6O3. The molecule has 5 N–H and O–H groups in total. The Balaban J connectivity index is 1.62. The zero-order chi connectivity index (χ0) is 21.0. The Morgan fingerprint density at radius 2 is 1.93 bits per heavy atom. The number of aliphatic hydroxyl groups is 1. The number of primary amides is 1. The minimum Gasteiger partial charge on any atom is -0.393 e. The Bertz CT molecular complexity index is 733. The number of carbonyl (C=O) groups is 2. The third-order valence-corrected chi connectivity index (χ3v) is 5.56. The minimum absolute atomic E-state index is 0.104. The number of nitrogens with one attached hydrogen (secondary N) is 2. The molecule has 0 spiro atoms. The first-order valence-electron chi connectivity index (χ1n) is 10.5. The van der Waals surface area contributed by atoms with Gasteiger partial charge in [0, 0.05) is 37.8 Å². The Hall–Kier alpha value is -2.42. The van der Waals surface area contributed by atoms with Crippen molar-refractivity contribution in [1.82, 2.24) is 14.9 Å². The Kier molecular flexibility index (Phi) is 6.89. The van der Waals surface area contributed by atoms with E-state index in [0.717, 1.165) is 25.7 Å². The van der Waals surface area contributed by atoms with E-state index in [-0.39, 0.29) is 29.7 Å². The van der Waals surface area contributed by atoms with Gasteiger partial charge in [0.2, 0.25) is 11.9 Å². The summed E-state index contributed by atoms with van der Waals surface area (Å²) >= 11 is 0. The molecule has 1 aliphatic carbocycles. The number of hydrogen-bond acceptors (Lipinski definition) is 7. The second-order valence-electron chi connectivity index (χ2n) is 8.53. The minimum atomic E-state index is -0.583. The number of hydrogen-bond donors (Lipinski definition) is 4. The molecule has 1 saturated carbocycles. The van der Waals surface area contributed by atoms with Crippen molar-refractivity contribution in [2.75, 3.05) is 23.7 Å². The lowest BCUT2D eigenvalue weighted by atomic mass is 10.0. The lowest BCUT2D eigenvalue weighted by molar-refractivity contribution is -0.132. The maximum Gasteiger partial charge on any atom is 0.254 e. The van der Waals surface area contributed by atoms with E-state index in [1.165, 1.54) is 6.20 Å². The lowest BCUT2D eigenvalue weighted by Gasteiger charge is -2.33. The first-order chi connectivity index (χ1) is 13.8. The number of anilines is 2. The van der Waals surface area contributed by atoms with Crippen molar-refractivity contribution in [3.8, 4) is 0 Å². The van der Waals surface area contributed by atoms with Gasteiger partial charge < -0.3 is 26.4 Å². The van der Waals surface area contributed by atoms with E-state index in [9.17, 15) is 14.7 Å². The summed E-state index contributed by atoms with van der Waals surface area (Å²) < 4.78 is 0. The zero-order valence-electron chi connectivity index (χ0n) is 17.2. The van der Waals surface area contributed by atoms with Gasteiger partial charge >= 0.3 is 0 Å². The van der Waals surface area contributed by atoms with Gasteiger partial charge in [0.25, 0.3) is 5.91 Å². The van der Waals surface area contributed by atoms with Crippen molar-refractivity contribution < 1.29 is 14.7 Å². The van der Waals surface area contributed by atoms with Crippen molar-refractivity contribution in [1.29, 1.82) is 0 Å². The number of carbonyl (C=O) groups excluding carboxylic acids is 2. The summed E-state index contributed by atoms with van der Waals surface area (Å²) in [6.07, 6.45) is 5.55. The van der Waals surface area contributed by atoms with Crippen molar-refractivity contribution in [2.24, 2.45) is 11.7 Å². The number of nitrogens with zero attached hydrogens (tertiary/aromatic N) is 3. The Labute approximate surface area is 171 Å². The summed E-state index contributed by atoms with van der Waals surface area (Å²) in [7, 11) is 0. The number of rotatable bonds is 7. The monoisotopic (exact) mass is 404 g/mol. The topological polar surface area (TPSA) is 133 Å². The number of likely N-dealkylation sites (tertiary alicyclic amines) is 1. The molecular weight excluding hydrogens is 372 g/mol. The van der Waals surface area contributed by atoms with Crippen LogP contribution in [0.25, 0.3) is 0 Å². The third-order valence-electron chi connectivity index (χ3n) is 5.56.